The van der Waals surface area contributed by atoms with Crippen molar-refractivity contribution in [1.82, 2.24) is 15.1 Å². The molecule has 0 saturated carbocycles. The average Bonchev–Trinajstić information content (AvgIpc) is 3.16. The average molecular weight is 440 g/mol. The number of hydrogen-bond acceptors (Lipinski definition) is 6. The number of nitrogens with zero attached hydrogens (tertiary/aromatic N) is 2. The van der Waals surface area contributed by atoms with Gasteiger partial charge >= 0.3 is 6.03 Å². The van der Waals surface area contributed by atoms with Crippen LogP contribution >= 0.6 is 22.9 Å². The lowest BCUT2D eigenvalue weighted by atomic mass is 10.2. The van der Waals surface area contributed by atoms with E-state index in [4.69, 9.17) is 25.8 Å². The Balaban J connectivity index is 1.51. The summed E-state index contributed by atoms with van der Waals surface area (Å²) < 4.78 is 16.9. The van der Waals surface area contributed by atoms with Gasteiger partial charge in [-0.15, -0.1) is 11.3 Å². The fourth-order valence-corrected chi connectivity index (χ4v) is 4.42. The predicted molar refractivity (Wildman–Crippen MR) is 115 cm³/mol. The Morgan fingerprint density at radius 3 is 2.24 bits per heavy atom. The van der Waals surface area contributed by atoms with E-state index in [9.17, 15) is 4.79 Å². The molecule has 9 heteroatoms. The highest BCUT2D eigenvalue weighted by molar-refractivity contribution is 7.16. The molecule has 1 saturated heterocycles. The molecule has 0 atom stereocenters. The zero-order valence-electron chi connectivity index (χ0n) is 16.9. The van der Waals surface area contributed by atoms with Crippen LogP contribution in [0.5, 0.6) is 17.2 Å². The van der Waals surface area contributed by atoms with Crippen LogP contribution in [0, 0.1) is 0 Å². The topological polar surface area (TPSA) is 63.3 Å². The molecule has 1 aliphatic rings. The maximum absolute atomic E-state index is 12.6. The van der Waals surface area contributed by atoms with Gasteiger partial charge in [0.2, 0.25) is 5.75 Å². The maximum atomic E-state index is 12.6. The van der Waals surface area contributed by atoms with E-state index in [0.717, 1.165) is 29.5 Å². The number of nitrogens with one attached hydrogen (secondary N) is 1. The van der Waals surface area contributed by atoms with E-state index >= 15 is 0 Å². The summed E-state index contributed by atoms with van der Waals surface area (Å²) in [6.45, 7) is 4.32. The molecule has 2 aromatic rings. The van der Waals surface area contributed by atoms with Crippen molar-refractivity contribution in [3.63, 3.8) is 0 Å². The maximum Gasteiger partial charge on any atom is 0.317 e. The van der Waals surface area contributed by atoms with Crippen molar-refractivity contribution in [2.45, 2.75) is 13.1 Å². The van der Waals surface area contributed by atoms with E-state index in [-0.39, 0.29) is 6.03 Å². The molecule has 2 amide bonds. The van der Waals surface area contributed by atoms with Crippen molar-refractivity contribution in [2.24, 2.45) is 0 Å². The molecule has 3 rings (SSSR count). The molecule has 1 aromatic heterocycles. The second-order valence-corrected chi connectivity index (χ2v) is 8.46. The monoisotopic (exact) mass is 439 g/mol. The van der Waals surface area contributed by atoms with Gasteiger partial charge in [0.1, 0.15) is 0 Å². The zero-order chi connectivity index (χ0) is 20.8. The summed E-state index contributed by atoms with van der Waals surface area (Å²) in [4.78, 5) is 18.0. The van der Waals surface area contributed by atoms with Gasteiger partial charge in [0.15, 0.2) is 11.5 Å². The molecule has 2 heterocycles. The first-order chi connectivity index (χ1) is 14.0. The summed E-state index contributed by atoms with van der Waals surface area (Å²) in [6.07, 6.45) is 0. The van der Waals surface area contributed by atoms with Gasteiger partial charge in [0.05, 0.1) is 25.7 Å². The molecule has 0 bridgehead atoms. The number of carbonyl (C=O) groups excluding carboxylic acids is 1. The van der Waals surface area contributed by atoms with Crippen molar-refractivity contribution >= 4 is 29.0 Å². The molecule has 1 aromatic carbocycles. The standard InChI is InChI=1S/C20H26ClN3O4S/c1-26-16-10-14(11-17(27-2)19(16)28-3)12-22-20(25)24-8-6-23(7-9-24)13-15-4-5-18(21)29-15/h4-5,10-11H,6-9,12-13H2,1-3H3,(H,22,25). The highest BCUT2D eigenvalue weighted by Crippen LogP contribution is 2.38. The summed E-state index contributed by atoms with van der Waals surface area (Å²) >= 11 is 7.60. The van der Waals surface area contributed by atoms with Gasteiger partial charge in [0.25, 0.3) is 0 Å². The third-order valence-electron chi connectivity index (χ3n) is 4.84. The number of thiophene rings is 1. The van der Waals surface area contributed by atoms with Crippen molar-refractivity contribution in [1.29, 1.82) is 0 Å². The fraction of sp³-hybridized carbons (Fsp3) is 0.450. The molecule has 0 radical (unpaired) electrons. The highest BCUT2D eigenvalue weighted by atomic mass is 35.5. The molecule has 29 heavy (non-hydrogen) atoms. The molecule has 0 unspecified atom stereocenters. The summed E-state index contributed by atoms with van der Waals surface area (Å²) in [5, 5.41) is 2.98. The van der Waals surface area contributed by atoms with Crippen molar-refractivity contribution in [2.75, 3.05) is 47.5 Å². The smallest absolute Gasteiger partial charge is 0.317 e. The quantitative estimate of drug-likeness (QED) is 0.715. The molecule has 158 valence electrons. The van der Waals surface area contributed by atoms with E-state index in [1.807, 2.05) is 23.1 Å². The van der Waals surface area contributed by atoms with E-state index in [0.29, 0.717) is 36.9 Å². The Hall–Kier alpha value is -2.16. The number of piperazine rings is 1. The minimum atomic E-state index is -0.0717. The minimum Gasteiger partial charge on any atom is -0.493 e. The number of ether oxygens (including phenoxy) is 3. The number of methoxy groups -OCH3 is 3. The van der Waals surface area contributed by atoms with Crippen LogP contribution in [0.2, 0.25) is 4.34 Å². The molecule has 7 nitrogen and oxygen atoms in total. The second kappa shape index (κ2) is 10.0. The second-order valence-electron chi connectivity index (χ2n) is 6.66. The third kappa shape index (κ3) is 5.46. The summed E-state index contributed by atoms with van der Waals surface area (Å²) in [7, 11) is 4.71. The first-order valence-corrected chi connectivity index (χ1v) is 10.5. The van der Waals surface area contributed by atoms with Crippen LogP contribution in [0.25, 0.3) is 0 Å². The van der Waals surface area contributed by atoms with E-state index in [2.05, 4.69) is 16.3 Å². The number of carbonyl (C=O) groups is 1. The Labute approximate surface area is 180 Å². The Morgan fingerprint density at radius 1 is 1.07 bits per heavy atom. The van der Waals surface area contributed by atoms with Crippen LogP contribution < -0.4 is 19.5 Å². The Bertz CT molecular complexity index is 812. The number of halogens is 1. The van der Waals surface area contributed by atoms with Gasteiger partial charge in [-0.3, -0.25) is 4.90 Å². The van der Waals surface area contributed by atoms with Gasteiger partial charge in [-0.25, -0.2) is 4.79 Å². The predicted octanol–water partition coefficient (Wildman–Crippen LogP) is 3.45. The first-order valence-electron chi connectivity index (χ1n) is 9.32. The Morgan fingerprint density at radius 2 is 1.72 bits per heavy atom. The summed E-state index contributed by atoms with van der Waals surface area (Å²) in [6, 6.07) is 7.59. The summed E-state index contributed by atoms with van der Waals surface area (Å²) in [5.74, 6) is 1.67. The highest BCUT2D eigenvalue weighted by Gasteiger charge is 2.21. The lowest BCUT2D eigenvalue weighted by Crippen LogP contribution is -2.51. The number of urea groups is 1. The molecule has 0 aliphatic carbocycles. The van der Waals surface area contributed by atoms with Gasteiger partial charge in [-0.1, -0.05) is 11.6 Å². The third-order valence-corrected chi connectivity index (χ3v) is 6.05. The van der Waals surface area contributed by atoms with Crippen LogP contribution in [0.4, 0.5) is 4.79 Å². The SMILES string of the molecule is COc1cc(CNC(=O)N2CCN(Cc3ccc(Cl)s3)CC2)cc(OC)c1OC. The van der Waals surface area contributed by atoms with Crippen LogP contribution in [0.1, 0.15) is 10.4 Å². The molecule has 1 fully saturated rings. The minimum absolute atomic E-state index is 0.0717. The van der Waals surface area contributed by atoms with E-state index in [1.165, 1.54) is 4.88 Å². The van der Waals surface area contributed by atoms with Crippen molar-refractivity contribution in [3.8, 4) is 17.2 Å². The lowest BCUT2D eigenvalue weighted by Gasteiger charge is -2.34. The number of rotatable bonds is 7. The molecule has 0 spiro atoms. The summed E-state index contributed by atoms with van der Waals surface area (Å²) in [5.41, 5.74) is 0.876. The van der Waals surface area contributed by atoms with Gasteiger partial charge in [0, 0.05) is 44.1 Å². The first kappa shape index (κ1) is 21.5. The zero-order valence-corrected chi connectivity index (χ0v) is 18.4. The van der Waals surface area contributed by atoms with Gasteiger partial charge < -0.3 is 24.4 Å². The van der Waals surface area contributed by atoms with E-state index < -0.39 is 0 Å². The number of benzene rings is 1. The van der Waals surface area contributed by atoms with Crippen LogP contribution in [-0.4, -0.2) is 63.3 Å². The van der Waals surface area contributed by atoms with Crippen LogP contribution in [0.3, 0.4) is 0 Å². The largest absolute Gasteiger partial charge is 0.493 e. The van der Waals surface area contributed by atoms with Gasteiger partial charge in [-0.2, -0.15) is 0 Å². The number of hydrogen-bond donors (Lipinski definition) is 1. The van der Waals surface area contributed by atoms with Crippen molar-refractivity contribution in [3.05, 3.63) is 39.0 Å². The van der Waals surface area contributed by atoms with E-state index in [1.54, 1.807) is 32.7 Å². The van der Waals surface area contributed by atoms with Crippen LogP contribution in [-0.2, 0) is 13.1 Å². The Kier molecular flexibility index (Phi) is 7.46. The fourth-order valence-electron chi connectivity index (χ4n) is 3.29. The van der Waals surface area contributed by atoms with Crippen LogP contribution in [0.15, 0.2) is 24.3 Å². The van der Waals surface area contributed by atoms with Gasteiger partial charge in [-0.05, 0) is 29.8 Å². The molecular weight excluding hydrogens is 414 g/mol. The molecule has 1 aliphatic heterocycles. The normalized spacial score (nSPS) is 14.6. The van der Waals surface area contributed by atoms with Crippen molar-refractivity contribution < 1.29 is 19.0 Å². The number of amides is 2. The molecule has 1 N–H and O–H groups in total. The lowest BCUT2D eigenvalue weighted by molar-refractivity contribution is 0.135. The molecular formula is C20H26ClN3O4S.